The monoisotopic (exact) mass is 422 g/mol. The largest absolute Gasteiger partial charge is 0.383 e. The molecule has 164 valence electrons. The van der Waals surface area contributed by atoms with E-state index >= 15 is 0 Å². The molecule has 0 bridgehead atoms. The Balaban J connectivity index is 2.02. The van der Waals surface area contributed by atoms with Gasteiger partial charge in [-0.15, -0.1) is 0 Å². The number of hydrogen-bond donors (Lipinski definition) is 2. The van der Waals surface area contributed by atoms with Gasteiger partial charge in [0.1, 0.15) is 5.82 Å². The minimum Gasteiger partial charge on any atom is -0.383 e. The lowest BCUT2D eigenvalue weighted by molar-refractivity contribution is -0.114. The van der Waals surface area contributed by atoms with Crippen LogP contribution in [0.1, 0.15) is 51.5 Å². The minimum absolute atomic E-state index is 0.00858. The van der Waals surface area contributed by atoms with E-state index in [0.717, 1.165) is 30.4 Å². The Hall–Kier alpha value is -3.35. The van der Waals surface area contributed by atoms with E-state index in [1.807, 2.05) is 44.2 Å². The van der Waals surface area contributed by atoms with Gasteiger partial charge in [-0.2, -0.15) is 0 Å². The van der Waals surface area contributed by atoms with Crippen molar-refractivity contribution < 1.29 is 4.79 Å². The maximum atomic E-state index is 13.0. The molecule has 1 heterocycles. The van der Waals surface area contributed by atoms with E-state index in [2.05, 4.69) is 11.1 Å². The minimum atomic E-state index is -0.653. The van der Waals surface area contributed by atoms with Gasteiger partial charge in [0.25, 0.3) is 11.5 Å². The fourth-order valence-corrected chi connectivity index (χ4v) is 3.81. The summed E-state index contributed by atoms with van der Waals surface area (Å²) in [7, 11) is 0. The molecule has 0 atom stereocenters. The lowest BCUT2D eigenvalue weighted by Gasteiger charge is -2.25. The molecule has 1 aliphatic carbocycles. The van der Waals surface area contributed by atoms with Gasteiger partial charge in [0, 0.05) is 12.6 Å². The van der Waals surface area contributed by atoms with Crippen LogP contribution in [0.4, 0.5) is 11.5 Å². The molecule has 0 spiro atoms. The van der Waals surface area contributed by atoms with Crippen molar-refractivity contribution in [2.24, 2.45) is 0 Å². The summed E-state index contributed by atoms with van der Waals surface area (Å²) in [6, 6.07) is 9.36. The van der Waals surface area contributed by atoms with Crippen LogP contribution in [-0.4, -0.2) is 22.0 Å². The Morgan fingerprint density at radius 2 is 1.94 bits per heavy atom. The van der Waals surface area contributed by atoms with Gasteiger partial charge < -0.3 is 10.6 Å². The number of nitrogens with two attached hydrogens (primary N) is 1. The molecular formula is C24H30N4O3. The first-order valence-electron chi connectivity index (χ1n) is 10.7. The van der Waals surface area contributed by atoms with Crippen LogP contribution < -0.4 is 21.9 Å². The number of nitrogen functional groups attached to an aromatic ring is 1. The highest BCUT2D eigenvalue weighted by Gasteiger charge is 2.23. The topological polar surface area (TPSA) is 101 Å². The quantitative estimate of drug-likeness (QED) is 0.528. The zero-order valence-corrected chi connectivity index (χ0v) is 18.2. The molecule has 0 unspecified atom stereocenters. The van der Waals surface area contributed by atoms with E-state index in [1.54, 1.807) is 0 Å². The normalized spacial score (nSPS) is 13.4. The smallest absolute Gasteiger partial charge is 0.330 e. The number of carbonyl (C=O) groups excluding carboxylic acids is 1. The first-order chi connectivity index (χ1) is 14.9. The molecule has 7 nitrogen and oxygen atoms in total. The second-order valence-corrected chi connectivity index (χ2v) is 8.13. The van der Waals surface area contributed by atoms with Crippen molar-refractivity contribution in [3.63, 3.8) is 0 Å². The van der Waals surface area contributed by atoms with E-state index in [9.17, 15) is 14.4 Å². The van der Waals surface area contributed by atoms with Gasteiger partial charge in [0.05, 0.1) is 6.54 Å². The van der Waals surface area contributed by atoms with E-state index in [1.165, 1.54) is 27.5 Å². The Labute approximate surface area is 181 Å². The van der Waals surface area contributed by atoms with E-state index in [4.69, 9.17) is 5.73 Å². The van der Waals surface area contributed by atoms with Crippen molar-refractivity contribution in [3.05, 3.63) is 80.0 Å². The molecule has 31 heavy (non-hydrogen) atoms. The first-order valence-corrected chi connectivity index (χ1v) is 10.7. The Kier molecular flexibility index (Phi) is 7.28. The third-order valence-corrected chi connectivity index (χ3v) is 5.39. The number of benzene rings is 1. The van der Waals surface area contributed by atoms with Gasteiger partial charge in [-0.25, -0.2) is 4.79 Å². The maximum absolute atomic E-state index is 13.0. The Morgan fingerprint density at radius 3 is 2.58 bits per heavy atom. The number of hydrogen-bond acceptors (Lipinski definition) is 4. The van der Waals surface area contributed by atoms with Crippen molar-refractivity contribution in [1.29, 1.82) is 0 Å². The van der Waals surface area contributed by atoms with E-state index in [-0.39, 0.29) is 24.0 Å². The third kappa shape index (κ3) is 5.63. The van der Waals surface area contributed by atoms with Crippen LogP contribution in [0.15, 0.2) is 63.2 Å². The molecule has 0 aliphatic heterocycles. The predicted molar refractivity (Wildman–Crippen MR) is 124 cm³/mol. The summed E-state index contributed by atoms with van der Waals surface area (Å²) in [6.07, 6.45) is 8.74. The second-order valence-electron chi connectivity index (χ2n) is 8.13. The summed E-state index contributed by atoms with van der Waals surface area (Å²) in [5.41, 5.74) is 8.07. The summed E-state index contributed by atoms with van der Waals surface area (Å²) < 4.78 is 1.30. The van der Waals surface area contributed by atoms with Gasteiger partial charge in [0.15, 0.2) is 5.69 Å². The van der Waals surface area contributed by atoms with Gasteiger partial charge in [0.2, 0.25) is 0 Å². The van der Waals surface area contributed by atoms with Crippen LogP contribution in [0.5, 0.6) is 0 Å². The molecule has 1 aromatic heterocycles. The lowest BCUT2D eigenvalue weighted by atomic mass is 9.97. The average molecular weight is 423 g/mol. The maximum Gasteiger partial charge on any atom is 0.330 e. The molecule has 7 heteroatoms. The lowest BCUT2D eigenvalue weighted by Crippen LogP contribution is -2.41. The number of H-pyrrole nitrogens is 1. The number of nitrogens with zero attached hydrogens (tertiary/aromatic N) is 2. The fourth-order valence-electron chi connectivity index (χ4n) is 3.81. The van der Waals surface area contributed by atoms with E-state index in [0.29, 0.717) is 13.0 Å². The molecule has 1 aromatic carbocycles. The van der Waals surface area contributed by atoms with Gasteiger partial charge >= 0.3 is 5.69 Å². The van der Waals surface area contributed by atoms with E-state index < -0.39 is 11.2 Å². The number of allylic oxidation sites excluding steroid dienone is 2. The van der Waals surface area contributed by atoms with Crippen LogP contribution >= 0.6 is 0 Å². The molecule has 0 radical (unpaired) electrons. The predicted octanol–water partition coefficient (Wildman–Crippen LogP) is 3.36. The highest BCUT2D eigenvalue weighted by molar-refractivity contribution is 6.03. The average Bonchev–Trinajstić information content (AvgIpc) is 2.74. The molecule has 0 saturated carbocycles. The number of amides is 1. The highest BCUT2D eigenvalue weighted by Crippen LogP contribution is 2.24. The molecule has 2 aromatic rings. The molecule has 0 saturated heterocycles. The van der Waals surface area contributed by atoms with Crippen LogP contribution in [0.3, 0.4) is 0 Å². The van der Waals surface area contributed by atoms with Gasteiger partial charge in [-0.1, -0.05) is 47.6 Å². The Bertz CT molecular complexity index is 1110. The number of carbonyl (C=O) groups is 1. The summed E-state index contributed by atoms with van der Waals surface area (Å²) >= 11 is 0. The molecular weight excluding hydrogens is 392 g/mol. The number of rotatable bonds is 7. The Morgan fingerprint density at radius 1 is 1.19 bits per heavy atom. The fraction of sp³-hybridized carbons (Fsp3) is 0.375. The summed E-state index contributed by atoms with van der Waals surface area (Å²) in [5.74, 6) is -0.329. The summed E-state index contributed by atoms with van der Waals surface area (Å²) in [4.78, 5) is 42.0. The summed E-state index contributed by atoms with van der Waals surface area (Å²) in [5, 5.41) is 0. The molecule has 3 rings (SSSR count). The van der Waals surface area contributed by atoms with Crippen LogP contribution in [0.25, 0.3) is 0 Å². The van der Waals surface area contributed by atoms with Crippen molar-refractivity contribution in [2.75, 3.05) is 17.2 Å². The molecule has 3 N–H and O–H groups in total. The van der Waals surface area contributed by atoms with Gasteiger partial charge in [-0.3, -0.25) is 19.1 Å². The van der Waals surface area contributed by atoms with Gasteiger partial charge in [-0.05, 0) is 51.5 Å². The standard InChI is InChI=1S/C24H30N4O3/c1-17(2)15-20(29)27(14-13-18-9-5-3-6-10-18)21-22(25)28(24(31)26-23(21)30)16-19-11-7-4-8-12-19/h4,7-9,11-12,15H,3,5-6,10,13-14,16,25H2,1-2H3,(H,26,30,31). The van der Waals surface area contributed by atoms with Crippen molar-refractivity contribution in [3.8, 4) is 0 Å². The first kappa shape index (κ1) is 22.3. The van der Waals surface area contributed by atoms with Crippen LogP contribution in [0, 0.1) is 0 Å². The SMILES string of the molecule is CC(C)=CC(=O)N(CCC1=CCCCC1)c1c(N)n(Cc2ccccc2)c(=O)[nH]c1=O. The number of nitrogens with one attached hydrogen (secondary N) is 1. The highest BCUT2D eigenvalue weighted by atomic mass is 16.2. The number of anilines is 2. The van der Waals surface area contributed by atoms with Crippen molar-refractivity contribution in [2.45, 2.75) is 52.5 Å². The number of aromatic nitrogens is 2. The molecule has 1 amide bonds. The second kappa shape index (κ2) is 10.1. The van der Waals surface area contributed by atoms with Crippen LogP contribution in [-0.2, 0) is 11.3 Å². The zero-order valence-electron chi connectivity index (χ0n) is 18.2. The third-order valence-electron chi connectivity index (χ3n) is 5.39. The van der Waals surface area contributed by atoms with Crippen molar-refractivity contribution in [1.82, 2.24) is 9.55 Å². The summed E-state index contributed by atoms with van der Waals surface area (Å²) in [6.45, 7) is 4.17. The molecule has 0 fully saturated rings. The molecule has 1 aliphatic rings. The number of aromatic amines is 1. The zero-order chi connectivity index (χ0) is 22.4. The van der Waals surface area contributed by atoms with Crippen LogP contribution in [0.2, 0.25) is 0 Å². The van der Waals surface area contributed by atoms with Crippen molar-refractivity contribution >= 4 is 17.4 Å².